The molecular formula is C17H14F5N5O3. The molecule has 2 heterocycles. The predicted octanol–water partition coefficient (Wildman–Crippen LogP) is 2.65. The fourth-order valence-electron chi connectivity index (χ4n) is 2.34. The van der Waals surface area contributed by atoms with Crippen molar-refractivity contribution in [2.24, 2.45) is 0 Å². The van der Waals surface area contributed by atoms with Gasteiger partial charge < -0.3 is 9.47 Å². The number of aromatic amines is 1. The molecule has 8 nitrogen and oxygen atoms in total. The Morgan fingerprint density at radius 1 is 1.10 bits per heavy atom. The molecule has 0 spiro atoms. The van der Waals surface area contributed by atoms with Crippen LogP contribution in [0.3, 0.4) is 0 Å². The molecule has 3 rings (SSSR count). The van der Waals surface area contributed by atoms with Crippen LogP contribution >= 0.6 is 0 Å². The third-order valence-corrected chi connectivity index (χ3v) is 3.68. The first-order chi connectivity index (χ1) is 14.3. The van der Waals surface area contributed by atoms with Gasteiger partial charge >= 0.3 is 12.2 Å². The van der Waals surface area contributed by atoms with E-state index in [2.05, 4.69) is 25.1 Å². The van der Waals surface area contributed by atoms with Gasteiger partial charge in [-0.1, -0.05) is 0 Å². The Morgan fingerprint density at radius 2 is 1.80 bits per heavy atom. The molecular weight excluding hydrogens is 417 g/mol. The Morgan fingerprint density at radius 3 is 2.37 bits per heavy atom. The van der Waals surface area contributed by atoms with Crippen molar-refractivity contribution >= 4 is 0 Å². The maximum absolute atomic E-state index is 13.0. The third-order valence-electron chi connectivity index (χ3n) is 3.68. The zero-order valence-electron chi connectivity index (χ0n) is 15.1. The quantitative estimate of drug-likeness (QED) is 0.551. The molecule has 0 saturated heterocycles. The smallest absolute Gasteiger partial charge is 0.422 e. The molecule has 0 aliphatic carbocycles. The molecule has 30 heavy (non-hydrogen) atoms. The Labute approximate surface area is 165 Å². The van der Waals surface area contributed by atoms with Gasteiger partial charge in [-0.3, -0.25) is 4.79 Å². The summed E-state index contributed by atoms with van der Waals surface area (Å²) in [6.45, 7) is -3.83. The Kier molecular flexibility index (Phi) is 6.28. The van der Waals surface area contributed by atoms with Crippen LogP contribution < -0.4 is 15.0 Å². The first-order valence-corrected chi connectivity index (χ1v) is 8.39. The van der Waals surface area contributed by atoms with Crippen molar-refractivity contribution in [2.75, 3.05) is 20.0 Å². The van der Waals surface area contributed by atoms with Gasteiger partial charge in [-0.2, -0.15) is 33.6 Å². The fourth-order valence-corrected chi connectivity index (χ4v) is 2.34. The van der Waals surface area contributed by atoms with E-state index in [9.17, 15) is 26.7 Å². The van der Waals surface area contributed by atoms with Crippen LogP contribution in [0, 0.1) is 0 Å². The first kappa shape index (κ1) is 21.2. The summed E-state index contributed by atoms with van der Waals surface area (Å²) in [4.78, 5) is 16.8. The summed E-state index contributed by atoms with van der Waals surface area (Å²) in [5, 5.41) is 9.72. The summed E-state index contributed by atoms with van der Waals surface area (Å²) < 4.78 is 73.5. The van der Waals surface area contributed by atoms with Crippen LogP contribution in [0.2, 0.25) is 0 Å². The van der Waals surface area contributed by atoms with Gasteiger partial charge in [0.15, 0.2) is 12.7 Å². The maximum atomic E-state index is 13.0. The van der Waals surface area contributed by atoms with Crippen LogP contribution in [-0.4, -0.2) is 57.2 Å². The van der Waals surface area contributed by atoms with Crippen LogP contribution in [0.5, 0.6) is 11.8 Å². The molecule has 1 aromatic carbocycles. The van der Waals surface area contributed by atoms with E-state index >= 15 is 0 Å². The second kappa shape index (κ2) is 8.88. The molecule has 0 bridgehead atoms. The third kappa shape index (κ3) is 5.10. The SMILES string of the molecule is O=c1cc(-c2cn[nH]n2)nc(OC(CF)CF)n1-c1ccc(OCC(F)(F)F)cc1. The van der Waals surface area contributed by atoms with Gasteiger partial charge in [-0.15, -0.1) is 0 Å². The van der Waals surface area contributed by atoms with Crippen LogP contribution in [0.4, 0.5) is 22.0 Å². The van der Waals surface area contributed by atoms with Crippen molar-refractivity contribution in [1.29, 1.82) is 0 Å². The highest BCUT2D eigenvalue weighted by Gasteiger charge is 2.28. The Balaban J connectivity index is 1.99. The minimum atomic E-state index is -4.51. The van der Waals surface area contributed by atoms with Crippen molar-refractivity contribution in [1.82, 2.24) is 25.0 Å². The van der Waals surface area contributed by atoms with Crippen molar-refractivity contribution in [3.8, 4) is 28.8 Å². The van der Waals surface area contributed by atoms with E-state index in [-0.39, 0.29) is 22.8 Å². The molecule has 13 heteroatoms. The summed E-state index contributed by atoms with van der Waals surface area (Å²) in [6.07, 6.45) is -4.74. The van der Waals surface area contributed by atoms with Crippen LogP contribution in [-0.2, 0) is 0 Å². The van der Waals surface area contributed by atoms with Crippen molar-refractivity contribution in [3.05, 3.63) is 46.9 Å². The number of rotatable bonds is 8. The number of benzene rings is 1. The summed E-state index contributed by atoms with van der Waals surface area (Å²) in [5.74, 6) is -0.0934. The number of H-pyrrole nitrogens is 1. The molecule has 0 aliphatic heterocycles. The number of hydrogen-bond donors (Lipinski definition) is 1. The number of alkyl halides is 5. The standard InChI is InChI=1S/C17H14F5N5O3/c18-6-12(7-19)30-16-24-13(14-8-23-26-25-14)5-15(28)27(16)10-1-3-11(4-2-10)29-9-17(20,21)22/h1-5,8,12H,6-7,9H2,(H,23,25,26). The van der Waals surface area contributed by atoms with E-state index in [4.69, 9.17) is 4.74 Å². The number of nitrogens with zero attached hydrogens (tertiary/aromatic N) is 4. The topological polar surface area (TPSA) is 94.9 Å². The number of halogens is 5. The predicted molar refractivity (Wildman–Crippen MR) is 93.1 cm³/mol. The molecule has 0 radical (unpaired) electrons. The zero-order chi connectivity index (χ0) is 21.7. The van der Waals surface area contributed by atoms with Gasteiger partial charge in [0.05, 0.1) is 11.9 Å². The van der Waals surface area contributed by atoms with E-state index < -0.39 is 43.8 Å². The fraction of sp³-hybridized carbons (Fsp3) is 0.294. The number of aromatic nitrogens is 5. The Hall–Kier alpha value is -3.51. The second-order valence-corrected chi connectivity index (χ2v) is 5.90. The molecule has 1 N–H and O–H groups in total. The Bertz CT molecular complexity index is 1020. The van der Waals surface area contributed by atoms with E-state index in [0.717, 1.165) is 10.6 Å². The molecule has 0 saturated carbocycles. The number of hydrogen-bond acceptors (Lipinski definition) is 6. The largest absolute Gasteiger partial charge is 0.484 e. The van der Waals surface area contributed by atoms with Gasteiger partial charge in [0.25, 0.3) is 5.56 Å². The lowest BCUT2D eigenvalue weighted by Gasteiger charge is -2.17. The minimum absolute atomic E-state index is 0.0431. The van der Waals surface area contributed by atoms with Crippen LogP contribution in [0.25, 0.3) is 17.1 Å². The van der Waals surface area contributed by atoms with E-state index in [1.165, 1.54) is 30.5 Å². The molecule has 0 unspecified atom stereocenters. The van der Waals surface area contributed by atoms with E-state index in [0.29, 0.717) is 0 Å². The lowest BCUT2D eigenvalue weighted by Crippen LogP contribution is -2.28. The lowest BCUT2D eigenvalue weighted by molar-refractivity contribution is -0.153. The van der Waals surface area contributed by atoms with E-state index in [1.54, 1.807) is 0 Å². The van der Waals surface area contributed by atoms with Crippen LogP contribution in [0.15, 0.2) is 41.3 Å². The van der Waals surface area contributed by atoms with Gasteiger partial charge in [0.2, 0.25) is 0 Å². The zero-order valence-corrected chi connectivity index (χ0v) is 15.1. The average molecular weight is 431 g/mol. The maximum Gasteiger partial charge on any atom is 0.422 e. The highest BCUT2D eigenvalue weighted by molar-refractivity contribution is 5.53. The van der Waals surface area contributed by atoms with Crippen molar-refractivity contribution < 1.29 is 31.4 Å². The normalized spacial score (nSPS) is 11.7. The van der Waals surface area contributed by atoms with Gasteiger partial charge in [-0.25, -0.2) is 13.3 Å². The van der Waals surface area contributed by atoms with Gasteiger partial charge in [0, 0.05) is 6.07 Å². The molecule has 0 atom stereocenters. The average Bonchev–Trinajstić information content (AvgIpc) is 3.25. The first-order valence-electron chi connectivity index (χ1n) is 8.39. The second-order valence-electron chi connectivity index (χ2n) is 5.90. The van der Waals surface area contributed by atoms with Gasteiger partial charge in [0.1, 0.15) is 30.5 Å². The van der Waals surface area contributed by atoms with E-state index in [1.807, 2.05) is 0 Å². The lowest BCUT2D eigenvalue weighted by atomic mass is 10.3. The monoisotopic (exact) mass is 431 g/mol. The molecule has 0 fully saturated rings. The summed E-state index contributed by atoms with van der Waals surface area (Å²) in [7, 11) is 0. The summed E-state index contributed by atoms with van der Waals surface area (Å²) in [6, 6.07) is 5.62. The molecule has 160 valence electrons. The molecule has 2 aromatic heterocycles. The molecule has 0 amide bonds. The highest BCUT2D eigenvalue weighted by Crippen LogP contribution is 2.23. The van der Waals surface area contributed by atoms with Crippen LogP contribution in [0.1, 0.15) is 0 Å². The summed E-state index contributed by atoms with van der Waals surface area (Å²) >= 11 is 0. The summed E-state index contributed by atoms with van der Waals surface area (Å²) in [5.41, 5.74) is -0.318. The highest BCUT2D eigenvalue weighted by atomic mass is 19.4. The van der Waals surface area contributed by atoms with Crippen molar-refractivity contribution in [2.45, 2.75) is 12.3 Å². The molecule has 0 aliphatic rings. The van der Waals surface area contributed by atoms with Crippen molar-refractivity contribution in [3.63, 3.8) is 0 Å². The number of ether oxygens (including phenoxy) is 2. The molecule has 3 aromatic rings. The number of nitrogens with one attached hydrogen (secondary N) is 1. The van der Waals surface area contributed by atoms with Gasteiger partial charge in [-0.05, 0) is 24.3 Å². The minimum Gasteiger partial charge on any atom is -0.484 e.